The molecule has 130 valence electrons. The van der Waals surface area contributed by atoms with Crippen molar-refractivity contribution in [2.45, 2.75) is 0 Å². The Morgan fingerprint density at radius 3 is 2.69 bits per heavy atom. The van der Waals surface area contributed by atoms with Crippen LogP contribution in [0.25, 0.3) is 6.08 Å². The Bertz CT molecular complexity index is 938. The lowest BCUT2D eigenvalue weighted by Gasteiger charge is -2.10. The molecule has 0 aliphatic rings. The van der Waals surface area contributed by atoms with Crippen LogP contribution in [0.15, 0.2) is 77.3 Å². The smallest absolute Gasteiger partial charge is 0.291 e. The van der Waals surface area contributed by atoms with Gasteiger partial charge in [0.1, 0.15) is 5.70 Å². The first-order valence-electron chi connectivity index (χ1n) is 7.65. The number of nitrogens with one attached hydrogen (secondary N) is 2. The van der Waals surface area contributed by atoms with Crippen LogP contribution in [-0.2, 0) is 4.79 Å². The van der Waals surface area contributed by atoms with Crippen LogP contribution in [0.3, 0.4) is 0 Å². The summed E-state index contributed by atoms with van der Waals surface area (Å²) in [5.74, 6) is -0.944. The minimum Gasteiger partial charge on any atom is -0.459 e. The van der Waals surface area contributed by atoms with Gasteiger partial charge in [-0.05, 0) is 48.0 Å². The molecule has 0 saturated carbocycles. The van der Waals surface area contributed by atoms with Crippen molar-refractivity contribution in [2.24, 2.45) is 0 Å². The minimum atomic E-state index is -0.536. The van der Waals surface area contributed by atoms with Crippen LogP contribution in [0.2, 0.25) is 5.02 Å². The van der Waals surface area contributed by atoms with Crippen molar-refractivity contribution in [3.05, 3.63) is 89.2 Å². The van der Waals surface area contributed by atoms with Crippen LogP contribution >= 0.6 is 11.6 Å². The van der Waals surface area contributed by atoms with Crippen LogP contribution < -0.4 is 10.6 Å². The molecule has 26 heavy (non-hydrogen) atoms. The standard InChI is InChI=1S/C19H14ClN3O3/c20-14-5-1-6-15(11-14)22-18(24)16(10-13-4-2-8-21-12-13)23-19(25)17-7-3-9-26-17/h1-12H,(H,22,24)(H,23,25)/b16-10+. The van der Waals surface area contributed by atoms with E-state index in [2.05, 4.69) is 15.6 Å². The molecule has 2 heterocycles. The number of rotatable bonds is 5. The van der Waals surface area contributed by atoms with E-state index in [4.69, 9.17) is 16.0 Å². The van der Waals surface area contributed by atoms with Gasteiger partial charge in [0.2, 0.25) is 0 Å². The molecule has 0 bridgehead atoms. The van der Waals surface area contributed by atoms with Crippen LogP contribution in [0, 0.1) is 0 Å². The highest BCUT2D eigenvalue weighted by Crippen LogP contribution is 2.16. The third-order valence-corrected chi connectivity index (χ3v) is 3.55. The molecule has 0 saturated heterocycles. The normalized spacial score (nSPS) is 11.0. The highest BCUT2D eigenvalue weighted by molar-refractivity contribution is 6.31. The quantitative estimate of drug-likeness (QED) is 0.673. The van der Waals surface area contributed by atoms with Crippen LogP contribution in [-0.4, -0.2) is 16.8 Å². The number of carbonyl (C=O) groups excluding carboxylic acids is 2. The number of amides is 2. The average Bonchev–Trinajstić information content (AvgIpc) is 3.17. The van der Waals surface area contributed by atoms with Gasteiger partial charge in [-0.1, -0.05) is 23.7 Å². The first-order chi connectivity index (χ1) is 12.6. The molecule has 0 unspecified atom stereocenters. The molecule has 3 aromatic rings. The van der Waals surface area contributed by atoms with Crippen molar-refractivity contribution < 1.29 is 14.0 Å². The Hall–Kier alpha value is -3.38. The monoisotopic (exact) mass is 367 g/mol. The van der Waals surface area contributed by atoms with Crippen molar-refractivity contribution in [3.8, 4) is 0 Å². The molecule has 0 fully saturated rings. The minimum absolute atomic E-state index is 0.0411. The van der Waals surface area contributed by atoms with Gasteiger partial charge in [-0.2, -0.15) is 0 Å². The summed E-state index contributed by atoms with van der Waals surface area (Å²) < 4.78 is 5.06. The molecule has 6 nitrogen and oxygen atoms in total. The molecule has 2 aromatic heterocycles. The number of anilines is 1. The van der Waals surface area contributed by atoms with Crippen molar-refractivity contribution >= 4 is 35.2 Å². The predicted molar refractivity (Wildman–Crippen MR) is 98.5 cm³/mol. The van der Waals surface area contributed by atoms with E-state index in [0.29, 0.717) is 16.3 Å². The zero-order chi connectivity index (χ0) is 18.4. The van der Waals surface area contributed by atoms with Gasteiger partial charge in [-0.3, -0.25) is 14.6 Å². The number of nitrogens with zero attached hydrogens (tertiary/aromatic N) is 1. The lowest BCUT2D eigenvalue weighted by molar-refractivity contribution is -0.113. The lowest BCUT2D eigenvalue weighted by Crippen LogP contribution is -2.30. The molecule has 2 amide bonds. The SMILES string of the molecule is O=C(Nc1cccc(Cl)c1)/C(=C\c1cccnc1)NC(=O)c1ccco1. The van der Waals surface area contributed by atoms with Crippen molar-refractivity contribution in [2.75, 3.05) is 5.32 Å². The van der Waals surface area contributed by atoms with Crippen LogP contribution in [0.4, 0.5) is 5.69 Å². The summed E-state index contributed by atoms with van der Waals surface area (Å²) >= 11 is 5.93. The summed E-state index contributed by atoms with van der Waals surface area (Å²) in [7, 11) is 0. The van der Waals surface area contributed by atoms with Crippen LogP contribution in [0.1, 0.15) is 16.1 Å². The third kappa shape index (κ3) is 4.58. The third-order valence-electron chi connectivity index (χ3n) is 3.32. The predicted octanol–water partition coefficient (Wildman–Crippen LogP) is 3.74. The number of benzene rings is 1. The number of aromatic nitrogens is 1. The van der Waals surface area contributed by atoms with Gasteiger partial charge in [0.15, 0.2) is 5.76 Å². The summed E-state index contributed by atoms with van der Waals surface area (Å²) in [5.41, 5.74) is 1.20. The zero-order valence-electron chi connectivity index (χ0n) is 13.5. The number of furan rings is 1. The Labute approximate surface area is 154 Å². The lowest BCUT2D eigenvalue weighted by atomic mass is 10.2. The topological polar surface area (TPSA) is 84.2 Å². The zero-order valence-corrected chi connectivity index (χ0v) is 14.2. The molecule has 0 spiro atoms. The molecule has 7 heteroatoms. The van der Waals surface area contributed by atoms with Crippen molar-refractivity contribution in [3.63, 3.8) is 0 Å². The summed E-state index contributed by atoms with van der Waals surface area (Å²) in [6.07, 6.45) is 6.09. The van der Waals surface area contributed by atoms with E-state index in [9.17, 15) is 9.59 Å². The summed E-state index contributed by atoms with van der Waals surface area (Å²) in [6.45, 7) is 0. The molecule has 1 aromatic carbocycles. The number of carbonyl (C=O) groups is 2. The number of hydrogen-bond donors (Lipinski definition) is 2. The maximum Gasteiger partial charge on any atom is 0.291 e. The molecular formula is C19H14ClN3O3. The second-order valence-corrected chi connectivity index (χ2v) is 5.68. The van der Waals surface area contributed by atoms with E-state index < -0.39 is 11.8 Å². The Morgan fingerprint density at radius 2 is 2.00 bits per heavy atom. The van der Waals surface area contributed by atoms with E-state index >= 15 is 0 Å². The van der Waals surface area contributed by atoms with Gasteiger partial charge in [0, 0.05) is 23.1 Å². The fourth-order valence-electron chi connectivity index (χ4n) is 2.14. The summed E-state index contributed by atoms with van der Waals surface area (Å²) in [6, 6.07) is 13.3. The summed E-state index contributed by atoms with van der Waals surface area (Å²) in [5, 5.41) is 5.74. The van der Waals surface area contributed by atoms with Crippen LogP contribution in [0.5, 0.6) is 0 Å². The number of pyridine rings is 1. The highest BCUT2D eigenvalue weighted by Gasteiger charge is 2.16. The number of hydrogen-bond acceptors (Lipinski definition) is 4. The highest BCUT2D eigenvalue weighted by atomic mass is 35.5. The van der Waals surface area contributed by atoms with Gasteiger partial charge in [-0.15, -0.1) is 0 Å². The Kier molecular flexibility index (Phi) is 5.46. The van der Waals surface area contributed by atoms with Gasteiger partial charge in [-0.25, -0.2) is 0 Å². The van der Waals surface area contributed by atoms with Gasteiger partial charge >= 0.3 is 0 Å². The Balaban J connectivity index is 1.85. The average molecular weight is 368 g/mol. The van der Waals surface area contributed by atoms with E-state index in [1.165, 1.54) is 18.4 Å². The van der Waals surface area contributed by atoms with Crippen molar-refractivity contribution in [1.29, 1.82) is 0 Å². The van der Waals surface area contributed by atoms with Gasteiger partial charge in [0.25, 0.3) is 11.8 Å². The Morgan fingerprint density at radius 1 is 1.12 bits per heavy atom. The molecule has 0 aliphatic heterocycles. The van der Waals surface area contributed by atoms with Gasteiger partial charge < -0.3 is 15.1 Å². The summed E-state index contributed by atoms with van der Waals surface area (Å²) in [4.78, 5) is 28.9. The second kappa shape index (κ2) is 8.13. The molecule has 0 aliphatic carbocycles. The van der Waals surface area contributed by atoms with Crippen molar-refractivity contribution in [1.82, 2.24) is 10.3 Å². The molecule has 3 rings (SSSR count). The van der Waals surface area contributed by atoms with E-state index in [0.717, 1.165) is 0 Å². The van der Waals surface area contributed by atoms with Gasteiger partial charge in [0.05, 0.1) is 6.26 Å². The largest absolute Gasteiger partial charge is 0.459 e. The maximum atomic E-state index is 12.6. The second-order valence-electron chi connectivity index (χ2n) is 5.24. The van der Waals surface area contributed by atoms with E-state index in [1.54, 1.807) is 54.9 Å². The maximum absolute atomic E-state index is 12.6. The first kappa shape index (κ1) is 17.4. The first-order valence-corrected chi connectivity index (χ1v) is 8.03. The van der Waals surface area contributed by atoms with E-state index in [1.807, 2.05) is 0 Å². The number of halogens is 1. The fourth-order valence-corrected chi connectivity index (χ4v) is 2.33. The molecule has 0 radical (unpaired) electrons. The van der Waals surface area contributed by atoms with E-state index in [-0.39, 0.29) is 11.5 Å². The fraction of sp³-hybridized carbons (Fsp3) is 0. The molecule has 0 atom stereocenters. The molecular weight excluding hydrogens is 354 g/mol. The molecule has 2 N–H and O–H groups in total.